The molecule has 0 unspecified atom stereocenters. The molecule has 1 heteroatoms. The van der Waals surface area contributed by atoms with Crippen molar-refractivity contribution in [2.45, 2.75) is 0 Å². The van der Waals surface area contributed by atoms with E-state index in [1.54, 1.807) is 0 Å². The molecular formula is C54H31N. The van der Waals surface area contributed by atoms with Crippen LogP contribution in [0.25, 0.3) is 125 Å². The summed E-state index contributed by atoms with van der Waals surface area (Å²) in [6.45, 7) is 0. The largest absolute Gasteiger partial charge is 0.309 e. The molecule has 0 aliphatic heterocycles. The van der Waals surface area contributed by atoms with Crippen LogP contribution in [0.5, 0.6) is 0 Å². The summed E-state index contributed by atoms with van der Waals surface area (Å²) < 4.78 is 2.53. The van der Waals surface area contributed by atoms with Crippen molar-refractivity contribution in [1.82, 2.24) is 4.57 Å². The molecule has 0 fully saturated rings. The minimum atomic E-state index is 1.17. The molecule has 0 saturated carbocycles. The van der Waals surface area contributed by atoms with E-state index in [2.05, 4.69) is 193 Å². The van der Waals surface area contributed by atoms with Gasteiger partial charge in [0, 0.05) is 27.2 Å². The van der Waals surface area contributed by atoms with Crippen LogP contribution in [0.2, 0.25) is 0 Å². The van der Waals surface area contributed by atoms with E-state index < -0.39 is 0 Å². The van der Waals surface area contributed by atoms with Crippen molar-refractivity contribution in [3.05, 3.63) is 188 Å². The zero-order valence-corrected chi connectivity index (χ0v) is 29.8. The number of benzene rings is 12. The summed E-state index contributed by atoms with van der Waals surface area (Å²) >= 11 is 0. The van der Waals surface area contributed by atoms with Crippen molar-refractivity contribution in [1.29, 1.82) is 0 Å². The molecule has 1 nitrogen and oxygen atoms in total. The second-order valence-electron chi connectivity index (χ2n) is 15.2. The molecule has 0 N–H and O–H groups in total. The third kappa shape index (κ3) is 3.92. The molecule has 252 valence electrons. The minimum absolute atomic E-state index is 1.17. The Morgan fingerprint density at radius 3 is 1.75 bits per heavy atom. The number of nitrogens with zero attached hydrogens (tertiary/aromatic N) is 1. The molecule has 0 aliphatic rings. The molecule has 13 rings (SSSR count). The first kappa shape index (κ1) is 29.3. The SMILES string of the molecule is c1ccc(-n2c3cc(-c4ccc5ccc6cccc7ccc4c5c67)ccc3c3c4cccc5cc(-c6ccc7ccccc7c6)c6cccc(c6c54)c32)cc1. The molecule has 0 spiro atoms. The van der Waals surface area contributed by atoms with E-state index in [0.29, 0.717) is 0 Å². The van der Waals surface area contributed by atoms with E-state index in [1.165, 1.54) is 125 Å². The molecule has 0 amide bonds. The van der Waals surface area contributed by atoms with Gasteiger partial charge in [0.1, 0.15) is 0 Å². The molecule has 0 radical (unpaired) electrons. The second-order valence-corrected chi connectivity index (χ2v) is 15.2. The van der Waals surface area contributed by atoms with Gasteiger partial charge in [-0.1, -0.05) is 158 Å². The Labute approximate surface area is 316 Å². The predicted molar refractivity (Wildman–Crippen MR) is 237 cm³/mol. The number of hydrogen-bond acceptors (Lipinski definition) is 0. The van der Waals surface area contributed by atoms with Crippen molar-refractivity contribution in [2.75, 3.05) is 0 Å². The lowest BCUT2D eigenvalue weighted by molar-refractivity contribution is 1.19. The second kappa shape index (κ2) is 10.7. The van der Waals surface area contributed by atoms with Gasteiger partial charge < -0.3 is 4.57 Å². The number of fused-ring (bicyclic) bond motifs is 6. The van der Waals surface area contributed by atoms with Crippen LogP contribution < -0.4 is 0 Å². The molecule has 1 aromatic heterocycles. The van der Waals surface area contributed by atoms with Gasteiger partial charge in [-0.05, 0) is 117 Å². The van der Waals surface area contributed by atoms with Crippen molar-refractivity contribution in [2.24, 2.45) is 0 Å². The fraction of sp³-hybridized carbons (Fsp3) is 0. The highest BCUT2D eigenvalue weighted by Crippen LogP contribution is 2.49. The number of para-hydroxylation sites is 1. The first-order valence-electron chi connectivity index (χ1n) is 19.2. The minimum Gasteiger partial charge on any atom is -0.309 e. The van der Waals surface area contributed by atoms with Crippen LogP contribution in [-0.2, 0) is 0 Å². The molecule has 0 aliphatic carbocycles. The van der Waals surface area contributed by atoms with Gasteiger partial charge in [-0.2, -0.15) is 0 Å². The summed E-state index contributed by atoms with van der Waals surface area (Å²) in [5, 5.41) is 20.8. The zero-order chi connectivity index (χ0) is 35.8. The molecule has 0 atom stereocenters. The van der Waals surface area contributed by atoms with E-state index >= 15 is 0 Å². The van der Waals surface area contributed by atoms with Gasteiger partial charge in [0.2, 0.25) is 0 Å². The number of aromatic nitrogens is 1. The Hall–Kier alpha value is -7.22. The quantitative estimate of drug-likeness (QED) is 0.162. The standard InChI is InChI=1S/C54H31N/c1-2-14-40(15-3-1)55-48-31-38(41-26-23-35-21-20-33-11-6-12-34-24-27-43(41)50(35)49(33)34)25-28-44(48)53-45-17-7-13-39-30-47(37-22-19-32-9-4-5-10-36(32)29-37)42-16-8-18-46(54(53)55)52(42)51(39)45/h1-31H. The van der Waals surface area contributed by atoms with Crippen LogP contribution in [0.3, 0.4) is 0 Å². The molecule has 1 heterocycles. The Bertz CT molecular complexity index is 3680. The fourth-order valence-corrected chi connectivity index (χ4v) is 10.1. The fourth-order valence-electron chi connectivity index (χ4n) is 10.1. The van der Waals surface area contributed by atoms with Gasteiger partial charge in [-0.25, -0.2) is 0 Å². The van der Waals surface area contributed by atoms with Gasteiger partial charge in [0.15, 0.2) is 0 Å². The van der Waals surface area contributed by atoms with E-state index in [4.69, 9.17) is 0 Å². The zero-order valence-electron chi connectivity index (χ0n) is 29.8. The third-order valence-corrected chi connectivity index (χ3v) is 12.4. The highest BCUT2D eigenvalue weighted by molar-refractivity contribution is 6.39. The van der Waals surface area contributed by atoms with Crippen LogP contribution in [0.1, 0.15) is 0 Å². The van der Waals surface area contributed by atoms with E-state index in [9.17, 15) is 0 Å². The maximum absolute atomic E-state index is 2.53. The average molecular weight is 694 g/mol. The summed E-state index contributed by atoms with van der Waals surface area (Å²) in [6, 6.07) is 70.4. The van der Waals surface area contributed by atoms with E-state index in [-0.39, 0.29) is 0 Å². The highest BCUT2D eigenvalue weighted by Gasteiger charge is 2.23. The smallest absolute Gasteiger partial charge is 0.0626 e. The lowest BCUT2D eigenvalue weighted by Crippen LogP contribution is -1.96. The monoisotopic (exact) mass is 693 g/mol. The lowest BCUT2D eigenvalue weighted by Gasteiger charge is -2.18. The average Bonchev–Trinajstić information content (AvgIpc) is 3.60. The van der Waals surface area contributed by atoms with Gasteiger partial charge in [-0.15, -0.1) is 0 Å². The van der Waals surface area contributed by atoms with Gasteiger partial charge in [0.05, 0.1) is 11.0 Å². The van der Waals surface area contributed by atoms with Crippen molar-refractivity contribution < 1.29 is 0 Å². The van der Waals surface area contributed by atoms with Crippen LogP contribution in [0.15, 0.2) is 188 Å². The maximum atomic E-state index is 2.53. The summed E-state index contributed by atoms with van der Waals surface area (Å²) in [6.07, 6.45) is 0. The first-order chi connectivity index (χ1) is 27.3. The number of rotatable bonds is 3. The topological polar surface area (TPSA) is 4.93 Å². The summed E-state index contributed by atoms with van der Waals surface area (Å²) in [5.41, 5.74) is 8.65. The van der Waals surface area contributed by atoms with Crippen molar-refractivity contribution >= 4 is 97.2 Å². The van der Waals surface area contributed by atoms with Crippen LogP contribution in [0.4, 0.5) is 0 Å². The predicted octanol–water partition coefficient (Wildman–Crippen LogP) is 15.1. The molecular weight excluding hydrogens is 663 g/mol. The normalized spacial score (nSPS) is 12.4. The summed E-state index contributed by atoms with van der Waals surface area (Å²) in [4.78, 5) is 0. The van der Waals surface area contributed by atoms with Crippen LogP contribution in [0, 0.1) is 0 Å². The van der Waals surface area contributed by atoms with Crippen LogP contribution in [-0.4, -0.2) is 4.57 Å². The Balaban J connectivity index is 1.16. The summed E-state index contributed by atoms with van der Waals surface area (Å²) in [5.74, 6) is 0. The van der Waals surface area contributed by atoms with Crippen molar-refractivity contribution in [3.63, 3.8) is 0 Å². The van der Waals surface area contributed by atoms with Gasteiger partial charge in [0.25, 0.3) is 0 Å². The molecule has 55 heavy (non-hydrogen) atoms. The third-order valence-electron chi connectivity index (χ3n) is 12.4. The van der Waals surface area contributed by atoms with E-state index in [1.807, 2.05) is 0 Å². The van der Waals surface area contributed by atoms with Crippen LogP contribution >= 0.6 is 0 Å². The number of hydrogen-bond donors (Lipinski definition) is 0. The first-order valence-corrected chi connectivity index (χ1v) is 19.2. The lowest BCUT2D eigenvalue weighted by atomic mass is 9.86. The van der Waals surface area contributed by atoms with Gasteiger partial charge in [-0.3, -0.25) is 0 Å². The molecule has 0 bridgehead atoms. The molecule has 12 aromatic carbocycles. The Morgan fingerprint density at radius 1 is 0.273 bits per heavy atom. The van der Waals surface area contributed by atoms with E-state index in [0.717, 1.165) is 0 Å². The van der Waals surface area contributed by atoms with Crippen molar-refractivity contribution in [3.8, 4) is 27.9 Å². The van der Waals surface area contributed by atoms with Gasteiger partial charge >= 0.3 is 0 Å². The highest BCUT2D eigenvalue weighted by atomic mass is 15.0. The Kier molecular flexibility index (Phi) is 5.69. The molecule has 13 aromatic rings. The Morgan fingerprint density at radius 2 is 0.855 bits per heavy atom. The maximum Gasteiger partial charge on any atom is 0.0626 e. The molecule has 0 saturated heterocycles. The summed E-state index contributed by atoms with van der Waals surface area (Å²) in [7, 11) is 0.